The van der Waals surface area contributed by atoms with Crippen molar-refractivity contribution in [3.8, 4) is 5.75 Å². The Labute approximate surface area is 132 Å². The van der Waals surface area contributed by atoms with E-state index in [4.69, 9.17) is 9.47 Å². The summed E-state index contributed by atoms with van der Waals surface area (Å²) < 4.78 is 10.6. The van der Waals surface area contributed by atoms with Gasteiger partial charge in [-0.2, -0.15) is 0 Å². The SMILES string of the molecule is C.C.COCCOc1ccc(C(C)(C)CC(C)(C)C)cc1. The highest BCUT2D eigenvalue weighted by Gasteiger charge is 2.27. The third kappa shape index (κ3) is 8.11. The fourth-order valence-corrected chi connectivity index (χ4v) is 2.67. The van der Waals surface area contributed by atoms with E-state index >= 15 is 0 Å². The fraction of sp³-hybridized carbons (Fsp3) is 0.684. The van der Waals surface area contributed by atoms with Gasteiger partial charge in [-0.3, -0.25) is 0 Å². The van der Waals surface area contributed by atoms with Crippen molar-refractivity contribution in [2.75, 3.05) is 20.3 Å². The zero-order valence-electron chi connectivity index (χ0n) is 13.2. The monoisotopic (exact) mass is 296 g/mol. The third-order valence-electron chi connectivity index (χ3n) is 3.16. The van der Waals surface area contributed by atoms with Gasteiger partial charge in [0.15, 0.2) is 0 Å². The van der Waals surface area contributed by atoms with Crippen LogP contribution in [0.2, 0.25) is 0 Å². The molecular formula is C19H36O2. The molecule has 124 valence electrons. The number of benzene rings is 1. The zero-order chi connectivity index (χ0) is 14.5. The average Bonchev–Trinajstić information content (AvgIpc) is 2.27. The Balaban J connectivity index is 0. The first-order valence-electron chi connectivity index (χ1n) is 6.97. The molecular weight excluding hydrogens is 260 g/mol. The lowest BCUT2D eigenvalue weighted by Crippen LogP contribution is -2.24. The van der Waals surface area contributed by atoms with Crippen molar-refractivity contribution < 1.29 is 9.47 Å². The number of hydrogen-bond donors (Lipinski definition) is 0. The fourth-order valence-electron chi connectivity index (χ4n) is 2.67. The summed E-state index contributed by atoms with van der Waals surface area (Å²) in [5.74, 6) is 0.910. The van der Waals surface area contributed by atoms with E-state index in [0.29, 0.717) is 18.6 Å². The first-order valence-corrected chi connectivity index (χ1v) is 6.97. The van der Waals surface area contributed by atoms with Gasteiger partial charge in [-0.05, 0) is 34.9 Å². The molecule has 0 atom stereocenters. The van der Waals surface area contributed by atoms with Crippen molar-refractivity contribution in [2.45, 2.75) is 61.3 Å². The van der Waals surface area contributed by atoms with Gasteiger partial charge in [0.05, 0.1) is 6.61 Å². The van der Waals surface area contributed by atoms with Crippen molar-refractivity contribution >= 4 is 0 Å². The van der Waals surface area contributed by atoms with Crippen LogP contribution in [0.25, 0.3) is 0 Å². The molecule has 0 unspecified atom stereocenters. The van der Waals surface area contributed by atoms with E-state index in [2.05, 4.69) is 58.9 Å². The third-order valence-corrected chi connectivity index (χ3v) is 3.16. The second-order valence-corrected chi connectivity index (χ2v) is 6.99. The molecule has 0 fully saturated rings. The molecule has 0 aliphatic rings. The summed E-state index contributed by atoms with van der Waals surface area (Å²) in [6, 6.07) is 8.45. The maximum atomic E-state index is 5.59. The maximum absolute atomic E-state index is 5.59. The zero-order valence-corrected chi connectivity index (χ0v) is 13.2. The molecule has 0 radical (unpaired) electrons. The van der Waals surface area contributed by atoms with Gasteiger partial charge in [0.1, 0.15) is 12.4 Å². The predicted octanol–water partition coefficient (Wildman–Crippen LogP) is 5.70. The van der Waals surface area contributed by atoms with Gasteiger partial charge in [-0.15, -0.1) is 0 Å². The largest absolute Gasteiger partial charge is 0.491 e. The van der Waals surface area contributed by atoms with Gasteiger partial charge >= 0.3 is 0 Å². The van der Waals surface area contributed by atoms with Crippen LogP contribution in [-0.4, -0.2) is 20.3 Å². The van der Waals surface area contributed by atoms with Crippen molar-refractivity contribution in [3.63, 3.8) is 0 Å². The van der Waals surface area contributed by atoms with Gasteiger partial charge in [-0.25, -0.2) is 0 Å². The number of methoxy groups -OCH3 is 1. The second-order valence-electron chi connectivity index (χ2n) is 6.99. The molecule has 1 rings (SSSR count). The number of rotatable bonds is 6. The summed E-state index contributed by atoms with van der Waals surface area (Å²) in [6.07, 6.45) is 1.16. The van der Waals surface area contributed by atoms with Crippen molar-refractivity contribution in [2.24, 2.45) is 5.41 Å². The van der Waals surface area contributed by atoms with E-state index in [1.165, 1.54) is 5.56 Å². The molecule has 0 aliphatic carbocycles. The molecule has 0 saturated heterocycles. The minimum absolute atomic E-state index is 0. The maximum Gasteiger partial charge on any atom is 0.119 e. The van der Waals surface area contributed by atoms with Crippen LogP contribution in [0.3, 0.4) is 0 Å². The number of hydrogen-bond acceptors (Lipinski definition) is 2. The van der Waals surface area contributed by atoms with Crippen LogP contribution in [0.4, 0.5) is 0 Å². The van der Waals surface area contributed by atoms with Gasteiger partial charge < -0.3 is 9.47 Å². The minimum Gasteiger partial charge on any atom is -0.491 e. The van der Waals surface area contributed by atoms with E-state index in [-0.39, 0.29) is 20.3 Å². The van der Waals surface area contributed by atoms with Gasteiger partial charge in [-0.1, -0.05) is 61.6 Å². The van der Waals surface area contributed by atoms with E-state index in [1.807, 2.05) is 0 Å². The predicted molar refractivity (Wildman–Crippen MR) is 94.4 cm³/mol. The highest BCUT2D eigenvalue weighted by atomic mass is 16.5. The molecule has 0 aliphatic heterocycles. The highest BCUT2D eigenvalue weighted by Crippen LogP contribution is 2.36. The average molecular weight is 296 g/mol. The first-order chi connectivity index (χ1) is 8.74. The summed E-state index contributed by atoms with van der Waals surface area (Å²) in [4.78, 5) is 0. The quantitative estimate of drug-likeness (QED) is 0.627. The Morgan fingerprint density at radius 2 is 1.38 bits per heavy atom. The lowest BCUT2D eigenvalue weighted by molar-refractivity contribution is 0.146. The Kier molecular flexibility index (Phi) is 9.64. The Morgan fingerprint density at radius 1 is 0.857 bits per heavy atom. The normalized spacial score (nSPS) is 11.3. The second kappa shape index (κ2) is 9.09. The van der Waals surface area contributed by atoms with E-state index < -0.39 is 0 Å². The van der Waals surface area contributed by atoms with Crippen LogP contribution in [0, 0.1) is 5.41 Å². The summed E-state index contributed by atoms with van der Waals surface area (Å²) in [6.45, 7) is 12.7. The van der Waals surface area contributed by atoms with Crippen LogP contribution < -0.4 is 4.74 Å². The Morgan fingerprint density at radius 3 is 1.81 bits per heavy atom. The van der Waals surface area contributed by atoms with Crippen molar-refractivity contribution in [1.82, 2.24) is 0 Å². The molecule has 0 aromatic heterocycles. The molecule has 0 amide bonds. The smallest absolute Gasteiger partial charge is 0.119 e. The van der Waals surface area contributed by atoms with Crippen LogP contribution >= 0.6 is 0 Å². The van der Waals surface area contributed by atoms with Crippen LogP contribution in [0.5, 0.6) is 5.75 Å². The van der Waals surface area contributed by atoms with Crippen LogP contribution in [0.1, 0.15) is 61.5 Å². The lowest BCUT2D eigenvalue weighted by Gasteiger charge is -2.33. The van der Waals surface area contributed by atoms with Gasteiger partial charge in [0, 0.05) is 7.11 Å². The molecule has 0 N–H and O–H groups in total. The minimum atomic E-state index is 0. The molecule has 0 bridgehead atoms. The molecule has 2 nitrogen and oxygen atoms in total. The van der Waals surface area contributed by atoms with Crippen LogP contribution in [-0.2, 0) is 10.2 Å². The summed E-state index contributed by atoms with van der Waals surface area (Å²) in [5.41, 5.74) is 1.88. The molecule has 2 heteroatoms. The molecule has 0 saturated carbocycles. The topological polar surface area (TPSA) is 18.5 Å². The molecule has 1 aromatic carbocycles. The summed E-state index contributed by atoms with van der Waals surface area (Å²) in [7, 11) is 1.68. The molecule has 1 aromatic rings. The highest BCUT2D eigenvalue weighted by molar-refractivity contribution is 5.31. The molecule has 0 spiro atoms. The van der Waals surface area contributed by atoms with Crippen molar-refractivity contribution in [3.05, 3.63) is 29.8 Å². The Hall–Kier alpha value is -1.02. The van der Waals surface area contributed by atoms with E-state index in [1.54, 1.807) is 7.11 Å². The first kappa shape index (κ1) is 22.3. The number of ether oxygens (including phenoxy) is 2. The van der Waals surface area contributed by atoms with Gasteiger partial charge in [0.25, 0.3) is 0 Å². The van der Waals surface area contributed by atoms with E-state index in [0.717, 1.165) is 12.2 Å². The van der Waals surface area contributed by atoms with E-state index in [9.17, 15) is 0 Å². The van der Waals surface area contributed by atoms with Crippen LogP contribution in [0.15, 0.2) is 24.3 Å². The molecule has 21 heavy (non-hydrogen) atoms. The van der Waals surface area contributed by atoms with Gasteiger partial charge in [0.2, 0.25) is 0 Å². The summed E-state index contributed by atoms with van der Waals surface area (Å²) in [5, 5.41) is 0. The Bertz CT molecular complexity index is 372. The van der Waals surface area contributed by atoms with Crippen molar-refractivity contribution in [1.29, 1.82) is 0 Å². The lowest BCUT2D eigenvalue weighted by atomic mass is 9.72. The standard InChI is InChI=1S/C17H28O2.2CH4/c1-16(2,3)13-17(4,5)14-7-9-15(10-8-14)19-12-11-18-6;;/h7-10H,11-13H2,1-6H3;2*1H4. The molecule has 0 heterocycles. The summed E-state index contributed by atoms with van der Waals surface area (Å²) >= 11 is 0.